The Morgan fingerprint density at radius 1 is 1.21 bits per heavy atom. The van der Waals surface area contributed by atoms with Gasteiger partial charge in [0.25, 0.3) is 5.91 Å². The summed E-state index contributed by atoms with van der Waals surface area (Å²) in [6.45, 7) is 6.36. The second-order valence-electron chi connectivity index (χ2n) is 6.41. The zero-order valence-electron chi connectivity index (χ0n) is 17.0. The maximum atomic E-state index is 12.4. The summed E-state index contributed by atoms with van der Waals surface area (Å²) in [5.74, 6) is 0.696. The van der Waals surface area contributed by atoms with Gasteiger partial charge in [0.1, 0.15) is 11.5 Å². The first-order chi connectivity index (χ1) is 13.4. The van der Waals surface area contributed by atoms with E-state index >= 15 is 0 Å². The summed E-state index contributed by atoms with van der Waals surface area (Å²) in [5, 5.41) is 2.66. The molecule has 0 spiro atoms. The van der Waals surface area contributed by atoms with Crippen molar-refractivity contribution in [1.82, 2.24) is 15.2 Å². The zero-order valence-corrected chi connectivity index (χ0v) is 17.0. The number of likely N-dealkylation sites (N-methyl/N-ethyl adjacent to an activating group) is 1. The van der Waals surface area contributed by atoms with Gasteiger partial charge in [0.2, 0.25) is 5.91 Å². The number of nitrogens with one attached hydrogen (secondary N) is 1. The summed E-state index contributed by atoms with van der Waals surface area (Å²) in [7, 11) is 3.29. The first-order valence-electron chi connectivity index (χ1n) is 9.12. The van der Waals surface area contributed by atoms with E-state index < -0.39 is 0 Å². The lowest BCUT2D eigenvalue weighted by Gasteiger charge is -2.20. The van der Waals surface area contributed by atoms with Gasteiger partial charge in [-0.05, 0) is 32.9 Å². The van der Waals surface area contributed by atoms with Crippen molar-refractivity contribution in [3.05, 3.63) is 52.8 Å². The van der Waals surface area contributed by atoms with Gasteiger partial charge < -0.3 is 19.7 Å². The number of hydrogen-bond donors (Lipinski definition) is 1. The number of rotatable bonds is 8. The lowest BCUT2D eigenvalue weighted by Crippen LogP contribution is -2.38. The number of aryl methyl sites for hydroxylation is 1. The summed E-state index contributed by atoms with van der Waals surface area (Å²) >= 11 is 0. The number of pyridine rings is 1. The molecule has 0 aliphatic heterocycles. The van der Waals surface area contributed by atoms with E-state index in [0.717, 1.165) is 22.6 Å². The van der Waals surface area contributed by atoms with Crippen LogP contribution in [0.4, 0.5) is 0 Å². The molecule has 0 fully saturated rings. The Morgan fingerprint density at radius 2 is 1.93 bits per heavy atom. The Bertz CT molecular complexity index is 852. The van der Waals surface area contributed by atoms with E-state index in [0.29, 0.717) is 24.5 Å². The van der Waals surface area contributed by atoms with Gasteiger partial charge in [-0.15, -0.1) is 0 Å². The summed E-state index contributed by atoms with van der Waals surface area (Å²) in [6.07, 6.45) is 1.73. The molecule has 1 heterocycles. The second-order valence-corrected chi connectivity index (χ2v) is 6.41. The quantitative estimate of drug-likeness (QED) is 0.755. The molecule has 2 rings (SSSR count). The van der Waals surface area contributed by atoms with Crippen molar-refractivity contribution in [3.63, 3.8) is 0 Å². The van der Waals surface area contributed by atoms with Gasteiger partial charge in [-0.3, -0.25) is 14.6 Å². The molecule has 7 nitrogen and oxygen atoms in total. The van der Waals surface area contributed by atoms with Crippen molar-refractivity contribution in [2.75, 3.05) is 27.3 Å². The molecule has 0 bridgehead atoms. The van der Waals surface area contributed by atoms with Crippen LogP contribution in [-0.2, 0) is 11.3 Å². The minimum absolute atomic E-state index is 0.113. The number of carbonyl (C=O) groups excluding carboxylic acids is 2. The van der Waals surface area contributed by atoms with Gasteiger partial charge >= 0.3 is 0 Å². The van der Waals surface area contributed by atoms with Crippen LogP contribution in [0.15, 0.2) is 30.5 Å². The first kappa shape index (κ1) is 21.2. The van der Waals surface area contributed by atoms with E-state index in [1.165, 1.54) is 4.90 Å². The molecule has 2 aromatic rings. The molecule has 0 aliphatic carbocycles. The third kappa shape index (κ3) is 5.00. The number of methoxy groups -OCH3 is 1. The molecular weight excluding hydrogens is 358 g/mol. The number of aromatic nitrogens is 1. The van der Waals surface area contributed by atoms with Crippen LogP contribution >= 0.6 is 0 Å². The van der Waals surface area contributed by atoms with Crippen LogP contribution in [0.1, 0.15) is 34.1 Å². The Morgan fingerprint density at radius 3 is 2.61 bits per heavy atom. The van der Waals surface area contributed by atoms with Crippen molar-refractivity contribution in [2.45, 2.75) is 27.3 Å². The Hall–Kier alpha value is -3.09. The van der Waals surface area contributed by atoms with Crippen LogP contribution in [0.5, 0.6) is 11.5 Å². The first-order valence-corrected chi connectivity index (χ1v) is 9.12. The molecule has 2 amide bonds. The molecule has 0 atom stereocenters. The maximum Gasteiger partial charge on any atom is 0.255 e. The number of ether oxygens (including phenoxy) is 2. The summed E-state index contributed by atoms with van der Waals surface area (Å²) in [5.41, 5.74) is 3.00. The number of hydrogen-bond acceptors (Lipinski definition) is 5. The molecule has 0 saturated carbocycles. The van der Waals surface area contributed by atoms with E-state index in [-0.39, 0.29) is 18.4 Å². The summed E-state index contributed by atoms with van der Waals surface area (Å²) in [4.78, 5) is 30.8. The highest BCUT2D eigenvalue weighted by Gasteiger charge is 2.17. The topological polar surface area (TPSA) is 80.8 Å². The van der Waals surface area contributed by atoms with Crippen molar-refractivity contribution in [1.29, 1.82) is 0 Å². The maximum absolute atomic E-state index is 12.4. The van der Waals surface area contributed by atoms with Crippen LogP contribution in [0, 0.1) is 13.8 Å². The van der Waals surface area contributed by atoms with Gasteiger partial charge in [0.05, 0.1) is 38.1 Å². The Labute approximate surface area is 165 Å². The van der Waals surface area contributed by atoms with Gasteiger partial charge in [0.15, 0.2) is 0 Å². The average molecular weight is 385 g/mol. The van der Waals surface area contributed by atoms with E-state index in [1.54, 1.807) is 44.6 Å². The predicted octanol–water partition coefficient (Wildman–Crippen LogP) is 2.49. The van der Waals surface area contributed by atoms with Gasteiger partial charge in [-0.1, -0.05) is 12.1 Å². The molecule has 0 radical (unpaired) electrons. The minimum atomic E-state index is -0.350. The number of carbonyl (C=O) groups is 2. The van der Waals surface area contributed by atoms with Crippen LogP contribution in [0.3, 0.4) is 0 Å². The molecule has 28 heavy (non-hydrogen) atoms. The molecule has 1 aromatic heterocycles. The van der Waals surface area contributed by atoms with E-state index in [9.17, 15) is 9.59 Å². The number of nitrogens with zero attached hydrogens (tertiary/aromatic N) is 2. The standard InChI is InChI=1S/C21H27N3O4/c1-6-28-18-10-8-7-9-16(18)21(26)23-12-19(25)24(4)13-17-15(3)20(27-5)14(2)11-22-17/h7-11H,6,12-13H2,1-5H3,(H,23,26). The van der Waals surface area contributed by atoms with Crippen LogP contribution in [0.25, 0.3) is 0 Å². The molecule has 1 N–H and O–H groups in total. The van der Waals surface area contributed by atoms with Crippen molar-refractivity contribution in [2.24, 2.45) is 0 Å². The third-order valence-electron chi connectivity index (χ3n) is 4.39. The van der Waals surface area contributed by atoms with Gasteiger partial charge in [-0.25, -0.2) is 0 Å². The molecule has 150 valence electrons. The highest BCUT2D eigenvalue weighted by Crippen LogP contribution is 2.24. The van der Waals surface area contributed by atoms with Crippen molar-refractivity contribution >= 4 is 11.8 Å². The fourth-order valence-electron chi connectivity index (χ4n) is 2.86. The molecule has 0 aliphatic rings. The van der Waals surface area contributed by atoms with E-state index in [2.05, 4.69) is 10.3 Å². The monoisotopic (exact) mass is 385 g/mol. The highest BCUT2D eigenvalue weighted by molar-refractivity contribution is 5.98. The van der Waals surface area contributed by atoms with Crippen molar-refractivity contribution < 1.29 is 19.1 Å². The number of para-hydroxylation sites is 1. The average Bonchev–Trinajstić information content (AvgIpc) is 2.69. The normalized spacial score (nSPS) is 10.3. The fourth-order valence-corrected chi connectivity index (χ4v) is 2.86. The SMILES string of the molecule is CCOc1ccccc1C(=O)NCC(=O)N(C)Cc1ncc(C)c(OC)c1C. The molecular formula is C21H27N3O4. The largest absolute Gasteiger partial charge is 0.496 e. The predicted molar refractivity (Wildman–Crippen MR) is 107 cm³/mol. The lowest BCUT2D eigenvalue weighted by molar-refractivity contribution is -0.129. The molecule has 7 heteroatoms. The minimum Gasteiger partial charge on any atom is -0.496 e. The smallest absolute Gasteiger partial charge is 0.255 e. The number of benzene rings is 1. The second kappa shape index (κ2) is 9.73. The van der Waals surface area contributed by atoms with E-state index in [1.807, 2.05) is 20.8 Å². The Kier molecular flexibility index (Phi) is 7.37. The molecule has 1 aromatic carbocycles. The van der Waals surface area contributed by atoms with Crippen LogP contribution < -0.4 is 14.8 Å². The van der Waals surface area contributed by atoms with E-state index in [4.69, 9.17) is 9.47 Å². The Balaban J connectivity index is 1.99. The van der Waals surface area contributed by atoms with Gasteiger partial charge in [0, 0.05) is 24.4 Å². The zero-order chi connectivity index (χ0) is 20.7. The highest BCUT2D eigenvalue weighted by atomic mass is 16.5. The lowest BCUT2D eigenvalue weighted by atomic mass is 10.1. The molecule has 0 saturated heterocycles. The number of amides is 2. The third-order valence-corrected chi connectivity index (χ3v) is 4.39. The van der Waals surface area contributed by atoms with Crippen molar-refractivity contribution in [3.8, 4) is 11.5 Å². The fraction of sp³-hybridized carbons (Fsp3) is 0.381. The molecule has 0 unspecified atom stereocenters. The summed E-state index contributed by atoms with van der Waals surface area (Å²) < 4.78 is 10.9. The summed E-state index contributed by atoms with van der Waals surface area (Å²) in [6, 6.07) is 6.95. The van der Waals surface area contributed by atoms with Crippen LogP contribution in [-0.4, -0.2) is 49.0 Å². The van der Waals surface area contributed by atoms with Gasteiger partial charge in [-0.2, -0.15) is 0 Å². The van der Waals surface area contributed by atoms with Crippen LogP contribution in [0.2, 0.25) is 0 Å².